The molecule has 6 heteroatoms. The number of hydrogen-bond acceptors (Lipinski definition) is 4. The summed E-state index contributed by atoms with van der Waals surface area (Å²) in [4.78, 5) is 22.5. The number of rotatable bonds is 3. The van der Waals surface area contributed by atoms with Gasteiger partial charge in [-0.25, -0.2) is 5.43 Å². The molecule has 0 aliphatic rings. The molecule has 3 N–H and O–H groups in total. The average Bonchev–Trinajstić information content (AvgIpc) is 2.30. The minimum absolute atomic E-state index is 0.0436. The van der Waals surface area contributed by atoms with Crippen LogP contribution in [0.5, 0.6) is 5.75 Å². The fraction of sp³-hybridized carbons (Fsp3) is 0.250. The fourth-order valence-corrected chi connectivity index (χ4v) is 1.14. The summed E-state index contributed by atoms with van der Waals surface area (Å²) < 4.78 is 0. The van der Waals surface area contributed by atoms with E-state index >= 15 is 0 Å². The Morgan fingerprint density at radius 2 is 1.94 bits per heavy atom. The van der Waals surface area contributed by atoms with Crippen LogP contribution in [-0.4, -0.2) is 29.2 Å². The summed E-state index contributed by atoms with van der Waals surface area (Å²) in [5.41, 5.74) is 2.52. The maximum Gasteiger partial charge on any atom is 0.329 e. The number of hydrogen-bond donors (Lipinski definition) is 3. The predicted octanol–water partition coefficient (Wildman–Crippen LogP) is 0.367. The van der Waals surface area contributed by atoms with Crippen molar-refractivity contribution in [1.82, 2.24) is 10.7 Å². The van der Waals surface area contributed by atoms with Crippen LogP contribution in [0.3, 0.4) is 0 Å². The molecular weight excluding hydrogens is 234 g/mol. The van der Waals surface area contributed by atoms with Crippen molar-refractivity contribution in [2.75, 3.05) is 0 Å². The van der Waals surface area contributed by atoms with Gasteiger partial charge in [0.25, 0.3) is 0 Å². The molecule has 0 unspecified atom stereocenters. The van der Waals surface area contributed by atoms with E-state index in [2.05, 4.69) is 15.8 Å². The van der Waals surface area contributed by atoms with Gasteiger partial charge in [-0.3, -0.25) is 9.59 Å². The SMILES string of the molecule is CC(C)NC(=O)C(=O)N/N=C/c1ccccc1O. The van der Waals surface area contributed by atoms with Gasteiger partial charge in [0, 0.05) is 11.6 Å². The lowest BCUT2D eigenvalue weighted by Gasteiger charge is -2.06. The molecule has 0 aromatic heterocycles. The molecule has 1 rings (SSSR count). The molecule has 0 atom stereocenters. The normalized spacial score (nSPS) is 10.6. The Bertz CT molecular complexity index is 469. The Kier molecular flexibility index (Phi) is 4.86. The van der Waals surface area contributed by atoms with Crippen LogP contribution in [0.4, 0.5) is 0 Å². The number of carbonyl (C=O) groups is 2. The Balaban J connectivity index is 2.53. The van der Waals surface area contributed by atoms with Crippen molar-refractivity contribution in [1.29, 1.82) is 0 Å². The summed E-state index contributed by atoms with van der Waals surface area (Å²) >= 11 is 0. The van der Waals surface area contributed by atoms with Crippen LogP contribution in [0.25, 0.3) is 0 Å². The van der Waals surface area contributed by atoms with Crippen molar-refractivity contribution in [2.24, 2.45) is 5.10 Å². The van der Waals surface area contributed by atoms with Gasteiger partial charge in [-0.2, -0.15) is 5.10 Å². The molecule has 0 spiro atoms. The van der Waals surface area contributed by atoms with Crippen LogP contribution < -0.4 is 10.7 Å². The molecule has 0 heterocycles. The summed E-state index contributed by atoms with van der Waals surface area (Å²) in [6, 6.07) is 6.38. The molecule has 0 fully saturated rings. The highest BCUT2D eigenvalue weighted by Gasteiger charge is 2.12. The van der Waals surface area contributed by atoms with Crippen molar-refractivity contribution in [3.8, 4) is 5.75 Å². The van der Waals surface area contributed by atoms with E-state index in [0.29, 0.717) is 5.56 Å². The topological polar surface area (TPSA) is 90.8 Å². The van der Waals surface area contributed by atoms with E-state index in [1.807, 2.05) is 0 Å². The molecule has 18 heavy (non-hydrogen) atoms. The van der Waals surface area contributed by atoms with Gasteiger partial charge in [0.05, 0.1) is 6.21 Å². The second-order valence-electron chi connectivity index (χ2n) is 3.89. The lowest BCUT2D eigenvalue weighted by Crippen LogP contribution is -2.41. The number of nitrogens with zero attached hydrogens (tertiary/aromatic N) is 1. The van der Waals surface area contributed by atoms with Crippen molar-refractivity contribution in [3.63, 3.8) is 0 Å². The molecule has 6 nitrogen and oxygen atoms in total. The van der Waals surface area contributed by atoms with E-state index in [0.717, 1.165) is 0 Å². The first kappa shape index (κ1) is 13.7. The summed E-state index contributed by atoms with van der Waals surface area (Å²) in [5.74, 6) is -1.56. The molecule has 0 aliphatic carbocycles. The first-order valence-electron chi connectivity index (χ1n) is 5.42. The van der Waals surface area contributed by atoms with Gasteiger partial charge in [-0.05, 0) is 26.0 Å². The van der Waals surface area contributed by atoms with Gasteiger partial charge in [0.1, 0.15) is 5.75 Å². The minimum atomic E-state index is -0.852. The number of amides is 2. The molecule has 96 valence electrons. The van der Waals surface area contributed by atoms with Crippen molar-refractivity contribution in [2.45, 2.75) is 19.9 Å². The van der Waals surface area contributed by atoms with E-state index < -0.39 is 11.8 Å². The summed E-state index contributed by atoms with van der Waals surface area (Å²) in [7, 11) is 0. The summed E-state index contributed by atoms with van der Waals surface area (Å²) in [6.07, 6.45) is 1.26. The first-order valence-corrected chi connectivity index (χ1v) is 5.42. The van der Waals surface area contributed by atoms with Gasteiger partial charge in [0.15, 0.2) is 0 Å². The highest BCUT2D eigenvalue weighted by molar-refractivity contribution is 6.35. The lowest BCUT2D eigenvalue weighted by atomic mass is 10.2. The van der Waals surface area contributed by atoms with Gasteiger partial charge < -0.3 is 10.4 Å². The van der Waals surface area contributed by atoms with Gasteiger partial charge >= 0.3 is 11.8 Å². The highest BCUT2D eigenvalue weighted by Crippen LogP contribution is 2.12. The number of carbonyl (C=O) groups excluding carboxylic acids is 2. The Morgan fingerprint density at radius 3 is 2.56 bits per heavy atom. The second-order valence-corrected chi connectivity index (χ2v) is 3.89. The maximum absolute atomic E-state index is 11.3. The van der Waals surface area contributed by atoms with E-state index in [1.54, 1.807) is 32.0 Å². The number of benzene rings is 1. The molecule has 1 aromatic carbocycles. The maximum atomic E-state index is 11.3. The van der Waals surface area contributed by atoms with Crippen LogP contribution in [0.15, 0.2) is 29.4 Å². The third-order valence-corrected chi connectivity index (χ3v) is 1.93. The average molecular weight is 249 g/mol. The molecule has 0 radical (unpaired) electrons. The van der Waals surface area contributed by atoms with E-state index in [1.165, 1.54) is 12.3 Å². The van der Waals surface area contributed by atoms with Crippen LogP contribution in [0.1, 0.15) is 19.4 Å². The number of phenols is 1. The number of hydrazone groups is 1. The second kappa shape index (κ2) is 6.39. The fourth-order valence-electron chi connectivity index (χ4n) is 1.14. The van der Waals surface area contributed by atoms with Crippen molar-refractivity contribution < 1.29 is 14.7 Å². The number of nitrogens with one attached hydrogen (secondary N) is 2. The minimum Gasteiger partial charge on any atom is -0.507 e. The van der Waals surface area contributed by atoms with Crippen molar-refractivity contribution in [3.05, 3.63) is 29.8 Å². The molecule has 0 saturated carbocycles. The Hall–Kier alpha value is -2.37. The molecule has 0 saturated heterocycles. The first-order chi connectivity index (χ1) is 8.50. The van der Waals surface area contributed by atoms with E-state index in [4.69, 9.17) is 0 Å². The highest BCUT2D eigenvalue weighted by atomic mass is 16.3. The van der Waals surface area contributed by atoms with E-state index in [9.17, 15) is 14.7 Å². The smallest absolute Gasteiger partial charge is 0.329 e. The monoisotopic (exact) mass is 249 g/mol. The van der Waals surface area contributed by atoms with Crippen molar-refractivity contribution >= 4 is 18.0 Å². The summed E-state index contributed by atoms with van der Waals surface area (Å²) in [5, 5.41) is 15.4. The van der Waals surface area contributed by atoms with Crippen LogP contribution in [-0.2, 0) is 9.59 Å². The van der Waals surface area contributed by atoms with Gasteiger partial charge in [-0.1, -0.05) is 12.1 Å². The van der Waals surface area contributed by atoms with Crippen LogP contribution in [0.2, 0.25) is 0 Å². The van der Waals surface area contributed by atoms with E-state index in [-0.39, 0.29) is 11.8 Å². The quantitative estimate of drug-likeness (QED) is 0.410. The molecular formula is C12H15N3O3. The Labute approximate surface area is 105 Å². The third kappa shape index (κ3) is 4.25. The number of para-hydroxylation sites is 1. The molecule has 0 aliphatic heterocycles. The zero-order valence-electron chi connectivity index (χ0n) is 10.2. The molecule has 0 bridgehead atoms. The van der Waals surface area contributed by atoms with Gasteiger partial charge in [0.2, 0.25) is 0 Å². The third-order valence-electron chi connectivity index (χ3n) is 1.93. The molecule has 2 amide bonds. The largest absolute Gasteiger partial charge is 0.507 e. The van der Waals surface area contributed by atoms with Gasteiger partial charge in [-0.15, -0.1) is 0 Å². The van der Waals surface area contributed by atoms with Crippen LogP contribution >= 0.6 is 0 Å². The zero-order chi connectivity index (χ0) is 13.5. The Morgan fingerprint density at radius 1 is 1.28 bits per heavy atom. The van der Waals surface area contributed by atoms with Crippen LogP contribution in [0, 0.1) is 0 Å². The lowest BCUT2D eigenvalue weighted by molar-refractivity contribution is -0.139. The number of phenolic OH excluding ortho intramolecular Hbond substituents is 1. The number of aromatic hydroxyl groups is 1. The zero-order valence-corrected chi connectivity index (χ0v) is 10.2. The molecule has 1 aromatic rings. The summed E-state index contributed by atoms with van der Waals surface area (Å²) in [6.45, 7) is 3.49. The predicted molar refractivity (Wildman–Crippen MR) is 67.1 cm³/mol. The standard InChI is InChI=1S/C12H15N3O3/c1-8(2)14-11(17)12(18)15-13-7-9-5-3-4-6-10(9)16/h3-8,16H,1-2H3,(H,14,17)(H,15,18)/b13-7+.